The Bertz CT molecular complexity index is 46.1. The molecule has 2 nitrogen and oxygen atoms in total. The molecule has 0 unspecified atom stereocenters. The Kier molecular flexibility index (Phi) is 10.3. The molecule has 1 amide bonds. The van der Waals surface area contributed by atoms with E-state index in [1.54, 1.807) is 6.92 Å². The number of hydrogen-bond donors (Lipinski definition) is 1. The summed E-state index contributed by atoms with van der Waals surface area (Å²) in [5.41, 5.74) is 4.65. The van der Waals surface area contributed by atoms with Gasteiger partial charge in [0.2, 0.25) is 5.91 Å². The van der Waals surface area contributed by atoms with E-state index in [1.807, 2.05) is 0 Å². The van der Waals surface area contributed by atoms with Gasteiger partial charge >= 0.3 is 0 Å². The summed E-state index contributed by atoms with van der Waals surface area (Å²) in [7, 11) is 0. The van der Waals surface area contributed by atoms with Gasteiger partial charge in [-0.25, -0.2) is 0 Å². The van der Waals surface area contributed by atoms with Crippen molar-refractivity contribution in [1.29, 1.82) is 0 Å². The van der Waals surface area contributed by atoms with Gasteiger partial charge in [-0.2, -0.15) is 0 Å². The van der Waals surface area contributed by atoms with Gasteiger partial charge in [0.1, 0.15) is 0 Å². The van der Waals surface area contributed by atoms with E-state index in [0.29, 0.717) is 6.42 Å². The van der Waals surface area contributed by atoms with Crippen molar-refractivity contribution in [3.8, 4) is 0 Å². The van der Waals surface area contributed by atoms with Crippen molar-refractivity contribution in [3.05, 3.63) is 0 Å². The van der Waals surface area contributed by atoms with Crippen LogP contribution in [0.5, 0.6) is 0 Å². The molecular formula is C3H7KNO. The maximum Gasteiger partial charge on any atom is 0.217 e. The summed E-state index contributed by atoms with van der Waals surface area (Å²) in [4.78, 5) is 9.59. The normalized spacial score (nSPS) is 6.17. The molecule has 0 aromatic carbocycles. The molecule has 0 bridgehead atoms. The molecule has 1 radical (unpaired) electrons. The number of primary amides is 1. The third-order valence-corrected chi connectivity index (χ3v) is 0.348. The molecule has 0 aromatic rings. The standard InChI is InChI=1S/C3H7NO.K/c1-2-3(4)5;/h2H2,1H3,(H2,4,5);. The predicted octanol–water partition coefficient (Wildman–Crippen LogP) is -0.499. The van der Waals surface area contributed by atoms with E-state index in [0.717, 1.165) is 0 Å². The van der Waals surface area contributed by atoms with E-state index < -0.39 is 0 Å². The van der Waals surface area contributed by atoms with Crippen molar-refractivity contribution in [2.24, 2.45) is 5.73 Å². The van der Waals surface area contributed by atoms with E-state index in [-0.39, 0.29) is 57.3 Å². The van der Waals surface area contributed by atoms with Crippen molar-refractivity contribution in [2.45, 2.75) is 13.3 Å². The first kappa shape index (κ1) is 10.2. The monoisotopic (exact) mass is 112 g/mol. The molecule has 3 heteroatoms. The van der Waals surface area contributed by atoms with E-state index in [4.69, 9.17) is 0 Å². The van der Waals surface area contributed by atoms with Crippen molar-refractivity contribution in [1.82, 2.24) is 0 Å². The van der Waals surface area contributed by atoms with Gasteiger partial charge < -0.3 is 5.73 Å². The Balaban J connectivity index is 0. The van der Waals surface area contributed by atoms with Crippen LogP contribution in [-0.2, 0) is 4.79 Å². The van der Waals surface area contributed by atoms with Gasteiger partial charge in [-0.1, -0.05) is 6.92 Å². The molecule has 0 saturated carbocycles. The Morgan fingerprint density at radius 3 is 2.00 bits per heavy atom. The van der Waals surface area contributed by atoms with Gasteiger partial charge in [0, 0.05) is 57.8 Å². The van der Waals surface area contributed by atoms with Gasteiger partial charge in [0.15, 0.2) is 0 Å². The summed E-state index contributed by atoms with van der Waals surface area (Å²) in [6, 6.07) is 0. The van der Waals surface area contributed by atoms with E-state index in [2.05, 4.69) is 5.73 Å². The summed E-state index contributed by atoms with van der Waals surface area (Å²) >= 11 is 0. The smallest absolute Gasteiger partial charge is 0.217 e. The molecule has 0 aromatic heterocycles. The summed E-state index contributed by atoms with van der Waals surface area (Å²) in [6.45, 7) is 1.72. The zero-order chi connectivity index (χ0) is 4.28. The third-order valence-electron chi connectivity index (χ3n) is 0.348. The maximum absolute atomic E-state index is 9.59. The number of carbonyl (C=O) groups is 1. The molecule has 0 fully saturated rings. The second kappa shape index (κ2) is 6.11. The summed E-state index contributed by atoms with van der Waals surface area (Å²) in [6.07, 6.45) is 0.444. The van der Waals surface area contributed by atoms with Crippen LogP contribution >= 0.6 is 0 Å². The zero-order valence-corrected chi connectivity index (χ0v) is 7.32. The van der Waals surface area contributed by atoms with E-state index in [1.165, 1.54) is 0 Å². The average Bonchev–Trinajstić information content (AvgIpc) is 1.38. The number of rotatable bonds is 1. The average molecular weight is 112 g/mol. The van der Waals surface area contributed by atoms with Crippen LogP contribution in [0.4, 0.5) is 0 Å². The number of nitrogens with two attached hydrogens (primary N) is 1. The quantitative estimate of drug-likeness (QED) is 0.457. The van der Waals surface area contributed by atoms with E-state index >= 15 is 0 Å². The van der Waals surface area contributed by atoms with Crippen LogP contribution in [0.25, 0.3) is 0 Å². The molecule has 0 heterocycles. The fraction of sp³-hybridized carbons (Fsp3) is 0.667. The van der Waals surface area contributed by atoms with Crippen LogP contribution in [-0.4, -0.2) is 57.3 Å². The number of amides is 1. The van der Waals surface area contributed by atoms with Crippen molar-refractivity contribution >= 4 is 57.3 Å². The van der Waals surface area contributed by atoms with Crippen LogP contribution in [0.15, 0.2) is 0 Å². The minimum Gasteiger partial charge on any atom is -0.370 e. The van der Waals surface area contributed by atoms with Crippen LogP contribution in [0.2, 0.25) is 0 Å². The van der Waals surface area contributed by atoms with Gasteiger partial charge in [0.25, 0.3) is 0 Å². The summed E-state index contributed by atoms with van der Waals surface area (Å²) in [5, 5.41) is 0. The van der Waals surface area contributed by atoms with E-state index in [9.17, 15) is 4.79 Å². The minimum atomic E-state index is -0.245. The van der Waals surface area contributed by atoms with Gasteiger partial charge in [-0.05, 0) is 0 Å². The molecule has 0 aliphatic carbocycles. The first-order valence-corrected chi connectivity index (χ1v) is 1.55. The van der Waals surface area contributed by atoms with Crippen LogP contribution in [0, 0.1) is 0 Å². The number of hydrogen-bond acceptors (Lipinski definition) is 1. The SMILES string of the molecule is CCC(N)=O.[K]. The van der Waals surface area contributed by atoms with Gasteiger partial charge in [0.05, 0.1) is 0 Å². The Morgan fingerprint density at radius 1 is 1.83 bits per heavy atom. The Labute approximate surface area is 79.9 Å². The topological polar surface area (TPSA) is 43.1 Å². The van der Waals surface area contributed by atoms with Gasteiger partial charge in [-0.15, -0.1) is 0 Å². The molecule has 0 spiro atoms. The minimum absolute atomic E-state index is 0. The van der Waals surface area contributed by atoms with Crippen LogP contribution < -0.4 is 5.73 Å². The molecule has 0 aliphatic rings. The van der Waals surface area contributed by atoms with Crippen LogP contribution in [0.3, 0.4) is 0 Å². The predicted molar refractivity (Wildman–Crippen MR) is 25.2 cm³/mol. The number of carbonyl (C=O) groups excluding carboxylic acids is 1. The van der Waals surface area contributed by atoms with Crippen molar-refractivity contribution < 1.29 is 4.79 Å². The third kappa shape index (κ3) is 8.92. The molecule has 0 rings (SSSR count). The zero-order valence-electron chi connectivity index (χ0n) is 4.19. The summed E-state index contributed by atoms with van der Waals surface area (Å²) < 4.78 is 0. The Morgan fingerprint density at radius 2 is 2.00 bits per heavy atom. The fourth-order valence-electron chi connectivity index (χ4n) is 0. The molecular weight excluding hydrogens is 105 g/mol. The molecule has 31 valence electrons. The maximum atomic E-state index is 9.59. The molecule has 0 saturated heterocycles. The van der Waals surface area contributed by atoms with Gasteiger partial charge in [-0.3, -0.25) is 4.79 Å². The summed E-state index contributed by atoms with van der Waals surface area (Å²) in [5.74, 6) is -0.245. The molecule has 0 atom stereocenters. The second-order valence-corrected chi connectivity index (χ2v) is 0.820. The first-order valence-electron chi connectivity index (χ1n) is 1.55. The molecule has 0 aliphatic heterocycles. The Hall–Kier alpha value is 1.11. The second-order valence-electron chi connectivity index (χ2n) is 0.820. The first-order chi connectivity index (χ1) is 2.27. The van der Waals surface area contributed by atoms with Crippen LogP contribution in [0.1, 0.15) is 13.3 Å². The molecule has 6 heavy (non-hydrogen) atoms. The largest absolute Gasteiger partial charge is 0.370 e. The molecule has 2 N–H and O–H groups in total. The van der Waals surface area contributed by atoms with Crippen molar-refractivity contribution in [3.63, 3.8) is 0 Å². The fourth-order valence-corrected chi connectivity index (χ4v) is 0. The van der Waals surface area contributed by atoms with Crippen molar-refractivity contribution in [2.75, 3.05) is 0 Å².